The number of nitrogens with zero attached hydrogens (tertiary/aromatic N) is 2. The monoisotopic (exact) mass is 299 g/mol. The van der Waals surface area contributed by atoms with Crippen LogP contribution in [0.5, 0.6) is 0 Å². The summed E-state index contributed by atoms with van der Waals surface area (Å²) in [6.45, 7) is 4.79. The summed E-state index contributed by atoms with van der Waals surface area (Å²) < 4.78 is 31.9. The van der Waals surface area contributed by atoms with E-state index in [1.807, 2.05) is 6.92 Å². The van der Waals surface area contributed by atoms with Crippen LogP contribution in [-0.4, -0.2) is 50.6 Å². The van der Waals surface area contributed by atoms with E-state index in [1.54, 1.807) is 6.07 Å². The molecule has 7 heteroatoms. The summed E-state index contributed by atoms with van der Waals surface area (Å²) in [5, 5.41) is 3.10. The minimum atomic E-state index is -3.46. The Bertz CT molecular complexity index is 525. The highest BCUT2D eigenvalue weighted by atomic mass is 32.2. The Morgan fingerprint density at radius 1 is 1.40 bits per heavy atom. The van der Waals surface area contributed by atoms with Crippen molar-refractivity contribution >= 4 is 15.8 Å². The molecule has 0 saturated carbocycles. The van der Waals surface area contributed by atoms with Gasteiger partial charge in [-0.15, -0.1) is 0 Å². The molecule has 20 heavy (non-hydrogen) atoms. The van der Waals surface area contributed by atoms with E-state index in [1.165, 1.54) is 16.6 Å². The average molecular weight is 299 g/mol. The summed E-state index contributed by atoms with van der Waals surface area (Å²) in [5.41, 5.74) is 0. The van der Waals surface area contributed by atoms with Crippen molar-refractivity contribution in [3.8, 4) is 0 Å². The van der Waals surface area contributed by atoms with Crippen molar-refractivity contribution in [3.63, 3.8) is 0 Å². The molecule has 1 aromatic heterocycles. The van der Waals surface area contributed by atoms with Crippen LogP contribution in [0.2, 0.25) is 0 Å². The summed E-state index contributed by atoms with van der Waals surface area (Å²) in [6.07, 6.45) is 3.21. The maximum atomic E-state index is 12.6. The molecule has 0 aliphatic carbocycles. The maximum Gasteiger partial charge on any atom is 0.243 e. The minimum absolute atomic E-state index is 0.285. The van der Waals surface area contributed by atoms with Gasteiger partial charge in [-0.2, -0.15) is 4.31 Å². The van der Waals surface area contributed by atoms with Gasteiger partial charge in [0.25, 0.3) is 0 Å². The van der Waals surface area contributed by atoms with Gasteiger partial charge in [0, 0.05) is 38.5 Å². The molecule has 0 bridgehead atoms. The van der Waals surface area contributed by atoms with Gasteiger partial charge in [-0.25, -0.2) is 13.4 Å². The van der Waals surface area contributed by atoms with Crippen molar-refractivity contribution < 1.29 is 13.2 Å². The van der Waals surface area contributed by atoms with Crippen molar-refractivity contribution in [2.24, 2.45) is 0 Å². The summed E-state index contributed by atoms with van der Waals surface area (Å²) >= 11 is 0. The third-order valence-electron chi connectivity index (χ3n) is 3.11. The first-order valence-electron chi connectivity index (χ1n) is 6.92. The summed E-state index contributed by atoms with van der Waals surface area (Å²) in [7, 11) is -3.46. The lowest BCUT2D eigenvalue weighted by atomic mass is 10.4. The Kier molecular flexibility index (Phi) is 5.33. The highest BCUT2D eigenvalue weighted by Gasteiger charge is 2.25. The molecule has 0 radical (unpaired) electrons. The van der Waals surface area contributed by atoms with Gasteiger partial charge in [0.15, 0.2) is 0 Å². The number of hydrogen-bond acceptors (Lipinski definition) is 5. The van der Waals surface area contributed by atoms with Gasteiger partial charge in [0.05, 0.1) is 11.5 Å². The van der Waals surface area contributed by atoms with E-state index >= 15 is 0 Å². The minimum Gasteiger partial charge on any atom is -0.380 e. The van der Waals surface area contributed by atoms with Crippen molar-refractivity contribution in [3.05, 3.63) is 18.3 Å². The van der Waals surface area contributed by atoms with Gasteiger partial charge in [-0.3, -0.25) is 0 Å². The predicted octanol–water partition coefficient (Wildman–Crippen LogP) is 1.31. The van der Waals surface area contributed by atoms with Crippen LogP contribution in [0.1, 0.15) is 19.8 Å². The molecule has 0 amide bonds. The molecule has 1 N–H and O–H groups in total. The highest BCUT2D eigenvalue weighted by Crippen LogP contribution is 2.19. The Morgan fingerprint density at radius 2 is 2.25 bits per heavy atom. The van der Waals surface area contributed by atoms with Gasteiger partial charge in [0.1, 0.15) is 5.82 Å². The molecule has 6 nitrogen and oxygen atoms in total. The van der Waals surface area contributed by atoms with Crippen molar-refractivity contribution in [2.45, 2.75) is 24.7 Å². The predicted molar refractivity (Wildman–Crippen MR) is 77.2 cm³/mol. The number of pyridine rings is 1. The molecule has 0 unspecified atom stereocenters. The van der Waals surface area contributed by atoms with E-state index in [0.717, 1.165) is 19.4 Å². The first-order chi connectivity index (χ1) is 9.64. The van der Waals surface area contributed by atoms with Crippen LogP contribution in [0.15, 0.2) is 23.2 Å². The Morgan fingerprint density at radius 3 is 3.05 bits per heavy atom. The van der Waals surface area contributed by atoms with Crippen LogP contribution in [0.3, 0.4) is 0 Å². The van der Waals surface area contributed by atoms with Gasteiger partial charge < -0.3 is 10.1 Å². The fourth-order valence-electron chi connectivity index (χ4n) is 2.03. The van der Waals surface area contributed by atoms with Crippen molar-refractivity contribution in [2.75, 3.05) is 38.2 Å². The van der Waals surface area contributed by atoms with Crippen LogP contribution < -0.4 is 5.32 Å². The van der Waals surface area contributed by atoms with Crippen LogP contribution >= 0.6 is 0 Å². The molecule has 112 valence electrons. The van der Waals surface area contributed by atoms with E-state index in [0.29, 0.717) is 32.1 Å². The quantitative estimate of drug-likeness (QED) is 0.887. The topological polar surface area (TPSA) is 71.5 Å². The van der Waals surface area contributed by atoms with Crippen molar-refractivity contribution in [1.82, 2.24) is 9.29 Å². The molecular weight excluding hydrogens is 278 g/mol. The first-order valence-corrected chi connectivity index (χ1v) is 8.36. The molecule has 1 fully saturated rings. The molecule has 0 aromatic carbocycles. The molecule has 1 aromatic rings. The Hall–Kier alpha value is -1.18. The number of sulfonamides is 1. The van der Waals surface area contributed by atoms with Gasteiger partial charge in [0.2, 0.25) is 10.0 Å². The average Bonchev–Trinajstić information content (AvgIpc) is 2.75. The lowest BCUT2D eigenvalue weighted by Gasteiger charge is -2.19. The summed E-state index contributed by atoms with van der Waals surface area (Å²) in [6, 6.07) is 3.13. The number of anilines is 1. The second-order valence-corrected chi connectivity index (χ2v) is 6.61. The number of ether oxygens (including phenoxy) is 1. The fraction of sp³-hybridized carbons (Fsp3) is 0.615. The second kappa shape index (κ2) is 7.01. The SMILES string of the molecule is CCCNc1cc(S(=O)(=O)N2CCCOCC2)ccn1. The molecule has 0 atom stereocenters. The standard InChI is InChI=1S/C13H21N3O3S/c1-2-5-14-13-11-12(4-6-15-13)20(17,18)16-7-3-9-19-10-8-16/h4,6,11H,2-3,5,7-10H2,1H3,(H,14,15). The number of hydrogen-bond donors (Lipinski definition) is 1. The number of rotatable bonds is 5. The molecule has 1 aliphatic heterocycles. The highest BCUT2D eigenvalue weighted by molar-refractivity contribution is 7.89. The lowest BCUT2D eigenvalue weighted by Crippen LogP contribution is -2.33. The zero-order valence-electron chi connectivity index (χ0n) is 11.7. The largest absolute Gasteiger partial charge is 0.380 e. The molecular formula is C13H21N3O3S. The number of nitrogens with one attached hydrogen (secondary N) is 1. The van der Waals surface area contributed by atoms with Crippen molar-refractivity contribution in [1.29, 1.82) is 0 Å². The van der Waals surface area contributed by atoms with Gasteiger partial charge >= 0.3 is 0 Å². The van der Waals surface area contributed by atoms with Gasteiger partial charge in [-0.05, 0) is 18.9 Å². The van der Waals surface area contributed by atoms with Gasteiger partial charge in [-0.1, -0.05) is 6.92 Å². The number of aromatic nitrogens is 1. The Balaban J connectivity index is 2.19. The van der Waals surface area contributed by atoms with E-state index in [4.69, 9.17) is 4.74 Å². The molecule has 2 rings (SSSR count). The molecule has 1 aliphatic rings. The van der Waals surface area contributed by atoms with Crippen LogP contribution in [-0.2, 0) is 14.8 Å². The zero-order valence-corrected chi connectivity index (χ0v) is 12.5. The second-order valence-electron chi connectivity index (χ2n) is 4.67. The van der Waals surface area contributed by atoms with E-state index in [9.17, 15) is 8.42 Å². The third kappa shape index (κ3) is 3.68. The van der Waals surface area contributed by atoms with Crippen LogP contribution in [0.25, 0.3) is 0 Å². The lowest BCUT2D eigenvalue weighted by molar-refractivity contribution is 0.148. The van der Waals surface area contributed by atoms with E-state index < -0.39 is 10.0 Å². The smallest absolute Gasteiger partial charge is 0.243 e. The van der Waals surface area contributed by atoms with E-state index in [-0.39, 0.29) is 4.90 Å². The third-order valence-corrected chi connectivity index (χ3v) is 5.00. The molecule has 2 heterocycles. The molecule has 1 saturated heterocycles. The summed E-state index contributed by atoms with van der Waals surface area (Å²) in [4.78, 5) is 4.42. The fourth-order valence-corrected chi connectivity index (χ4v) is 3.51. The molecule has 0 spiro atoms. The maximum absolute atomic E-state index is 12.6. The Labute approximate surface area is 120 Å². The van der Waals surface area contributed by atoms with Crippen LogP contribution in [0, 0.1) is 0 Å². The summed E-state index contributed by atoms with van der Waals surface area (Å²) in [5.74, 6) is 0.596. The first kappa shape index (κ1) is 15.2. The van der Waals surface area contributed by atoms with E-state index in [2.05, 4.69) is 10.3 Å². The normalized spacial score (nSPS) is 17.6. The van der Waals surface area contributed by atoms with Crippen LogP contribution in [0.4, 0.5) is 5.82 Å². The zero-order chi connectivity index (χ0) is 14.4.